The van der Waals surface area contributed by atoms with Crippen LogP contribution in [0.15, 0.2) is 66.5 Å². The van der Waals surface area contributed by atoms with E-state index in [9.17, 15) is 4.79 Å². The van der Waals surface area contributed by atoms with Crippen molar-refractivity contribution in [3.8, 4) is 5.75 Å². The number of hydrogen-bond donors (Lipinski definition) is 0. The highest BCUT2D eigenvalue weighted by Gasteiger charge is 2.27. The van der Waals surface area contributed by atoms with Gasteiger partial charge in [0.25, 0.3) is 0 Å². The van der Waals surface area contributed by atoms with Crippen molar-refractivity contribution < 1.29 is 9.53 Å². The molecule has 2 aromatic carbocycles. The number of ether oxygens (including phenoxy) is 1. The molecular formula is C26H27N3O2. The van der Waals surface area contributed by atoms with Gasteiger partial charge in [0.1, 0.15) is 11.6 Å². The first-order chi connectivity index (χ1) is 15.2. The first-order valence-electron chi connectivity index (χ1n) is 10.9. The van der Waals surface area contributed by atoms with Gasteiger partial charge in [-0.25, -0.2) is 4.98 Å². The van der Waals surface area contributed by atoms with Crippen molar-refractivity contribution in [2.75, 3.05) is 26.7 Å². The quantitative estimate of drug-likeness (QED) is 0.642. The Balaban J connectivity index is 1.35. The fourth-order valence-corrected chi connectivity index (χ4v) is 4.69. The summed E-state index contributed by atoms with van der Waals surface area (Å²) in [6.07, 6.45) is 6.78. The summed E-state index contributed by atoms with van der Waals surface area (Å²) in [5, 5.41) is 0. The van der Waals surface area contributed by atoms with Crippen molar-refractivity contribution in [3.05, 3.63) is 89.0 Å². The molecule has 2 aliphatic heterocycles. The predicted molar refractivity (Wildman–Crippen MR) is 121 cm³/mol. The van der Waals surface area contributed by atoms with Crippen molar-refractivity contribution in [2.24, 2.45) is 0 Å². The van der Waals surface area contributed by atoms with E-state index in [2.05, 4.69) is 28.1 Å². The van der Waals surface area contributed by atoms with E-state index in [4.69, 9.17) is 4.74 Å². The summed E-state index contributed by atoms with van der Waals surface area (Å²) in [4.78, 5) is 20.0. The molecule has 0 atom stereocenters. The topological polar surface area (TPSA) is 47.4 Å². The van der Waals surface area contributed by atoms with Crippen LogP contribution in [0, 0.1) is 0 Å². The highest BCUT2D eigenvalue weighted by Crippen LogP contribution is 2.35. The summed E-state index contributed by atoms with van der Waals surface area (Å²) in [6, 6.07) is 16.4. The van der Waals surface area contributed by atoms with Crippen LogP contribution < -0.4 is 4.74 Å². The second-order valence-corrected chi connectivity index (χ2v) is 8.27. The fraction of sp³-hybridized carbons (Fsp3) is 0.308. The summed E-state index contributed by atoms with van der Waals surface area (Å²) < 4.78 is 7.25. The average molecular weight is 414 g/mol. The van der Waals surface area contributed by atoms with Crippen LogP contribution in [-0.4, -0.2) is 47.0 Å². The van der Waals surface area contributed by atoms with Gasteiger partial charge in [0, 0.05) is 43.2 Å². The Morgan fingerprint density at radius 3 is 2.48 bits per heavy atom. The Morgan fingerprint density at radius 2 is 1.74 bits per heavy atom. The number of ketones is 1. The van der Waals surface area contributed by atoms with Crippen LogP contribution in [-0.2, 0) is 13.0 Å². The lowest BCUT2D eigenvalue weighted by atomic mass is 9.89. The molecule has 0 radical (unpaired) electrons. The largest absolute Gasteiger partial charge is 0.497 e. The number of Topliss-reactive ketones (excluding diaryl/α,β-unsaturated/α-hetero) is 1. The van der Waals surface area contributed by atoms with Crippen LogP contribution in [0.4, 0.5) is 0 Å². The van der Waals surface area contributed by atoms with Crippen LogP contribution in [0.1, 0.15) is 40.2 Å². The maximum atomic E-state index is 12.8. The van der Waals surface area contributed by atoms with Crippen molar-refractivity contribution in [1.29, 1.82) is 0 Å². The highest BCUT2D eigenvalue weighted by atomic mass is 16.5. The molecule has 0 amide bonds. The molecule has 5 nitrogen and oxygen atoms in total. The Morgan fingerprint density at radius 1 is 1.00 bits per heavy atom. The molecule has 0 saturated carbocycles. The number of rotatable bonds is 4. The predicted octanol–water partition coefficient (Wildman–Crippen LogP) is 4.23. The lowest BCUT2D eigenvalue weighted by molar-refractivity contribution is 0.0973. The molecule has 158 valence electrons. The maximum absolute atomic E-state index is 12.8. The Kier molecular flexibility index (Phi) is 5.43. The molecule has 3 heterocycles. The number of aromatic nitrogens is 2. The summed E-state index contributed by atoms with van der Waals surface area (Å²) in [6.45, 7) is 3.48. The molecule has 3 aromatic rings. The second kappa shape index (κ2) is 8.52. The zero-order valence-corrected chi connectivity index (χ0v) is 17.9. The first-order valence-corrected chi connectivity index (χ1v) is 10.9. The van der Waals surface area contributed by atoms with Gasteiger partial charge in [0.15, 0.2) is 5.78 Å². The number of nitrogens with zero attached hydrogens (tertiary/aromatic N) is 3. The minimum atomic E-state index is 0.155. The number of imidazole rings is 1. The fourth-order valence-electron chi connectivity index (χ4n) is 4.69. The van der Waals surface area contributed by atoms with Crippen LogP contribution in [0.2, 0.25) is 0 Å². The van der Waals surface area contributed by atoms with E-state index in [-0.39, 0.29) is 5.78 Å². The zero-order valence-electron chi connectivity index (χ0n) is 17.9. The molecule has 2 aliphatic rings. The maximum Gasteiger partial charge on any atom is 0.183 e. The molecule has 0 unspecified atom stereocenters. The lowest BCUT2D eigenvalue weighted by Crippen LogP contribution is -2.33. The molecule has 1 aromatic heterocycles. The van der Waals surface area contributed by atoms with Gasteiger partial charge in [-0.3, -0.25) is 4.79 Å². The van der Waals surface area contributed by atoms with Crippen molar-refractivity contribution in [3.63, 3.8) is 0 Å². The van der Waals surface area contributed by atoms with E-state index in [1.165, 1.54) is 16.7 Å². The van der Waals surface area contributed by atoms with E-state index >= 15 is 0 Å². The Labute approximate surface area is 183 Å². The van der Waals surface area contributed by atoms with Gasteiger partial charge in [-0.05, 0) is 42.5 Å². The van der Waals surface area contributed by atoms with Crippen LogP contribution in [0.25, 0.3) is 5.57 Å². The summed E-state index contributed by atoms with van der Waals surface area (Å²) in [7, 11) is 1.70. The zero-order chi connectivity index (χ0) is 21.2. The number of piperidine rings is 1. The molecule has 5 heteroatoms. The number of likely N-dealkylation sites (tertiary alicyclic amines) is 1. The van der Waals surface area contributed by atoms with Gasteiger partial charge < -0.3 is 14.2 Å². The lowest BCUT2D eigenvalue weighted by Gasteiger charge is -2.30. The molecular weight excluding hydrogens is 386 g/mol. The molecule has 1 saturated heterocycles. The van der Waals surface area contributed by atoms with Crippen LogP contribution >= 0.6 is 0 Å². The van der Waals surface area contributed by atoms with E-state index < -0.39 is 0 Å². The molecule has 31 heavy (non-hydrogen) atoms. The summed E-state index contributed by atoms with van der Waals surface area (Å²) in [5.74, 6) is 1.99. The third-order valence-electron chi connectivity index (χ3n) is 6.44. The number of methoxy groups -OCH3 is 1. The summed E-state index contributed by atoms with van der Waals surface area (Å²) in [5.41, 5.74) is 5.77. The summed E-state index contributed by atoms with van der Waals surface area (Å²) >= 11 is 0. The molecule has 0 bridgehead atoms. The van der Waals surface area contributed by atoms with Crippen LogP contribution in [0.5, 0.6) is 5.75 Å². The van der Waals surface area contributed by atoms with Gasteiger partial charge >= 0.3 is 0 Å². The molecule has 0 N–H and O–H groups in total. The smallest absolute Gasteiger partial charge is 0.183 e. The van der Waals surface area contributed by atoms with Crippen molar-refractivity contribution in [1.82, 2.24) is 14.5 Å². The van der Waals surface area contributed by atoms with E-state index in [1.807, 2.05) is 41.1 Å². The third-order valence-corrected chi connectivity index (χ3v) is 6.44. The Hall–Kier alpha value is -3.18. The first kappa shape index (κ1) is 19.8. The molecule has 1 fully saturated rings. The van der Waals surface area contributed by atoms with Crippen LogP contribution in [0.3, 0.4) is 0 Å². The average Bonchev–Trinajstić information content (AvgIpc) is 3.22. The number of carbonyl (C=O) groups is 1. The minimum absolute atomic E-state index is 0.155. The normalized spacial score (nSPS) is 16.6. The van der Waals surface area contributed by atoms with Gasteiger partial charge in [0.05, 0.1) is 13.7 Å². The highest BCUT2D eigenvalue weighted by molar-refractivity contribution is 6.03. The van der Waals surface area contributed by atoms with E-state index in [1.54, 1.807) is 13.3 Å². The van der Waals surface area contributed by atoms with Gasteiger partial charge in [0.2, 0.25) is 0 Å². The third kappa shape index (κ3) is 3.93. The molecule has 5 rings (SSSR count). The molecule has 0 spiro atoms. The SMILES string of the molecule is COc1ccc(CCN2CCC(=C3c4ccccc4C(=O)Cn4ccnc43)CC2)cc1. The minimum Gasteiger partial charge on any atom is -0.497 e. The van der Waals surface area contributed by atoms with Gasteiger partial charge in [-0.2, -0.15) is 0 Å². The van der Waals surface area contributed by atoms with Gasteiger partial charge in [-0.15, -0.1) is 0 Å². The number of fused-ring (bicyclic) bond motifs is 2. The Bertz CT molecular complexity index is 1120. The van der Waals surface area contributed by atoms with E-state index in [0.29, 0.717) is 6.54 Å². The number of hydrogen-bond acceptors (Lipinski definition) is 4. The number of benzene rings is 2. The van der Waals surface area contributed by atoms with E-state index in [0.717, 1.165) is 61.6 Å². The van der Waals surface area contributed by atoms with Crippen molar-refractivity contribution in [2.45, 2.75) is 25.8 Å². The number of carbonyl (C=O) groups excluding carboxylic acids is 1. The monoisotopic (exact) mass is 413 g/mol. The standard InChI is InChI=1S/C26H27N3O2/c1-31-21-8-6-19(7-9-21)10-14-28-15-11-20(12-16-28)25-23-5-3-2-4-22(23)24(30)18-29-17-13-27-26(25)29/h2-9,13,17H,10-12,14-16,18H2,1H3. The second-order valence-electron chi connectivity index (χ2n) is 8.27. The molecule has 0 aliphatic carbocycles. The van der Waals surface area contributed by atoms with Crippen molar-refractivity contribution >= 4 is 11.4 Å². The van der Waals surface area contributed by atoms with Gasteiger partial charge in [-0.1, -0.05) is 42.0 Å².